The molecule has 5 unspecified atom stereocenters. The Morgan fingerprint density at radius 1 is 1.07 bits per heavy atom. The molecule has 2 aliphatic carbocycles. The summed E-state index contributed by atoms with van der Waals surface area (Å²) in [7, 11) is 0. The van der Waals surface area contributed by atoms with Crippen LogP contribution >= 0.6 is 0 Å². The zero-order valence-electron chi connectivity index (χ0n) is 18.4. The zero-order chi connectivity index (χ0) is 21.6. The highest BCUT2D eigenvalue weighted by Crippen LogP contribution is 2.62. The molecule has 1 saturated carbocycles. The van der Waals surface area contributed by atoms with E-state index in [4.69, 9.17) is 9.47 Å². The van der Waals surface area contributed by atoms with E-state index < -0.39 is 11.4 Å². The van der Waals surface area contributed by atoms with Crippen molar-refractivity contribution in [2.45, 2.75) is 72.0 Å². The fourth-order valence-electron chi connectivity index (χ4n) is 6.92. The van der Waals surface area contributed by atoms with Crippen LogP contribution in [0.2, 0.25) is 0 Å². The van der Waals surface area contributed by atoms with Gasteiger partial charge in [0.25, 0.3) is 0 Å². The van der Waals surface area contributed by atoms with Crippen LogP contribution in [0, 0.1) is 22.7 Å². The molecule has 160 valence electrons. The molecule has 0 amide bonds. The molecule has 5 rings (SSSR count). The minimum Gasteiger partial charge on any atom is -0.507 e. The first-order valence-electron chi connectivity index (χ1n) is 11.0. The van der Waals surface area contributed by atoms with Crippen molar-refractivity contribution < 1.29 is 24.2 Å². The third-order valence-electron chi connectivity index (χ3n) is 8.51. The molecular weight excluding hydrogens is 380 g/mol. The van der Waals surface area contributed by atoms with Gasteiger partial charge in [0.15, 0.2) is 5.78 Å². The molecule has 0 spiro atoms. The maximum atomic E-state index is 12.7. The molecule has 5 heteroatoms. The molecule has 2 aliphatic heterocycles. The first-order valence-corrected chi connectivity index (χ1v) is 11.0. The Kier molecular flexibility index (Phi) is 3.86. The molecule has 5 nitrogen and oxygen atoms in total. The third-order valence-corrected chi connectivity index (χ3v) is 8.51. The Bertz CT molecular complexity index is 1010. The summed E-state index contributed by atoms with van der Waals surface area (Å²) in [4.78, 5) is 25.1. The second-order valence-corrected chi connectivity index (χ2v) is 10.7. The molecule has 0 bridgehead atoms. The van der Waals surface area contributed by atoms with Crippen molar-refractivity contribution in [2.75, 3.05) is 0 Å². The SMILES string of the molecule is CC1Cc2c3c(cc(O)c2C(=O)O1)OC1(C)CCC2C(C)(C)C(=O)C=CC2(C)C1C3. The Morgan fingerprint density at radius 3 is 2.53 bits per heavy atom. The summed E-state index contributed by atoms with van der Waals surface area (Å²) in [6.45, 7) is 10.4. The van der Waals surface area contributed by atoms with E-state index in [1.807, 2.05) is 6.92 Å². The van der Waals surface area contributed by atoms with E-state index in [0.29, 0.717) is 12.2 Å². The number of carbonyl (C=O) groups excluding carboxylic acids is 2. The summed E-state index contributed by atoms with van der Waals surface area (Å²) in [6.07, 6.45) is 6.76. The van der Waals surface area contributed by atoms with Gasteiger partial charge in [0, 0.05) is 23.8 Å². The lowest BCUT2D eigenvalue weighted by atomic mass is 9.46. The van der Waals surface area contributed by atoms with Crippen LogP contribution in [0.4, 0.5) is 0 Å². The second kappa shape index (κ2) is 5.89. The van der Waals surface area contributed by atoms with Gasteiger partial charge >= 0.3 is 5.97 Å². The first kappa shape index (κ1) is 19.7. The number of esters is 1. The summed E-state index contributed by atoms with van der Waals surface area (Å²) in [5.74, 6) is 0.763. The number of carbonyl (C=O) groups is 2. The Morgan fingerprint density at radius 2 is 1.80 bits per heavy atom. The van der Waals surface area contributed by atoms with E-state index in [9.17, 15) is 14.7 Å². The highest BCUT2D eigenvalue weighted by atomic mass is 16.5. The van der Waals surface area contributed by atoms with Gasteiger partial charge in [-0.05, 0) is 61.6 Å². The molecule has 0 aromatic heterocycles. The number of rotatable bonds is 0. The first-order chi connectivity index (χ1) is 14.0. The molecule has 1 N–H and O–H groups in total. The molecule has 30 heavy (non-hydrogen) atoms. The Labute approximate surface area is 177 Å². The van der Waals surface area contributed by atoms with Crippen LogP contribution in [0.5, 0.6) is 11.5 Å². The number of hydrogen-bond donors (Lipinski definition) is 1. The highest BCUT2D eigenvalue weighted by Gasteiger charge is 2.61. The second-order valence-electron chi connectivity index (χ2n) is 10.7. The van der Waals surface area contributed by atoms with E-state index in [0.717, 1.165) is 30.4 Å². The van der Waals surface area contributed by atoms with Gasteiger partial charge in [0.05, 0.1) is 0 Å². The van der Waals surface area contributed by atoms with Gasteiger partial charge in [-0.15, -0.1) is 0 Å². The fourth-order valence-corrected chi connectivity index (χ4v) is 6.92. The van der Waals surface area contributed by atoms with Crippen LogP contribution in [-0.2, 0) is 22.4 Å². The number of allylic oxidation sites excluding steroid dienone is 2. The van der Waals surface area contributed by atoms with Crippen LogP contribution in [0.25, 0.3) is 0 Å². The number of phenols is 1. The number of ketones is 1. The smallest absolute Gasteiger partial charge is 0.342 e. The molecule has 0 saturated heterocycles. The van der Waals surface area contributed by atoms with Crippen LogP contribution < -0.4 is 4.74 Å². The fraction of sp³-hybridized carbons (Fsp3) is 0.600. The molecule has 0 radical (unpaired) electrons. The monoisotopic (exact) mass is 410 g/mol. The van der Waals surface area contributed by atoms with Gasteiger partial charge in [-0.25, -0.2) is 4.79 Å². The number of cyclic esters (lactones) is 1. The van der Waals surface area contributed by atoms with Crippen molar-refractivity contribution in [1.82, 2.24) is 0 Å². The average molecular weight is 411 g/mol. The predicted molar refractivity (Wildman–Crippen MR) is 112 cm³/mol. The number of phenolic OH excluding ortho intramolecular Hbond substituents is 1. The summed E-state index contributed by atoms with van der Waals surface area (Å²) >= 11 is 0. The Hall–Kier alpha value is -2.30. The molecular formula is C25H30O5. The van der Waals surface area contributed by atoms with E-state index in [1.54, 1.807) is 12.1 Å². The molecule has 2 heterocycles. The van der Waals surface area contributed by atoms with Crippen molar-refractivity contribution in [3.8, 4) is 11.5 Å². The van der Waals surface area contributed by atoms with E-state index in [2.05, 4.69) is 33.8 Å². The number of hydrogen-bond acceptors (Lipinski definition) is 5. The van der Waals surface area contributed by atoms with Crippen molar-refractivity contribution in [3.63, 3.8) is 0 Å². The summed E-state index contributed by atoms with van der Waals surface area (Å²) in [5, 5.41) is 10.6. The van der Waals surface area contributed by atoms with Crippen molar-refractivity contribution in [3.05, 3.63) is 34.9 Å². The minimum absolute atomic E-state index is 0.0631. The highest BCUT2D eigenvalue weighted by molar-refractivity contribution is 5.96. The van der Waals surface area contributed by atoms with Crippen LogP contribution in [0.1, 0.15) is 68.9 Å². The van der Waals surface area contributed by atoms with Crippen molar-refractivity contribution in [1.29, 1.82) is 0 Å². The van der Waals surface area contributed by atoms with Crippen LogP contribution in [-0.4, -0.2) is 28.6 Å². The molecule has 1 aromatic rings. The largest absolute Gasteiger partial charge is 0.507 e. The van der Waals surface area contributed by atoms with E-state index in [1.165, 1.54) is 0 Å². The zero-order valence-corrected chi connectivity index (χ0v) is 18.4. The number of aromatic hydroxyl groups is 1. The van der Waals surface area contributed by atoms with Crippen LogP contribution in [0.15, 0.2) is 18.2 Å². The van der Waals surface area contributed by atoms with Gasteiger partial charge < -0.3 is 14.6 Å². The lowest BCUT2D eigenvalue weighted by Gasteiger charge is -2.61. The standard InChI is InChI=1S/C25H30O5/c1-13-10-15-14-11-19-24(4)8-7-20(27)23(2,3)18(24)6-9-25(19,5)30-17(14)12-16(26)21(15)22(28)29-13/h7-8,12-13,18-19,26H,6,9-11H2,1-5H3. The number of fused-ring (bicyclic) bond motifs is 6. The molecule has 5 atom stereocenters. The Balaban J connectivity index is 1.66. The minimum atomic E-state index is -0.464. The quantitative estimate of drug-likeness (QED) is 0.643. The molecule has 1 aromatic carbocycles. The predicted octanol–water partition coefficient (Wildman–Crippen LogP) is 4.38. The van der Waals surface area contributed by atoms with Crippen molar-refractivity contribution >= 4 is 11.8 Å². The van der Waals surface area contributed by atoms with Gasteiger partial charge in [-0.2, -0.15) is 0 Å². The summed E-state index contributed by atoms with van der Waals surface area (Å²) < 4.78 is 12.0. The van der Waals surface area contributed by atoms with Gasteiger partial charge in [0.2, 0.25) is 0 Å². The maximum Gasteiger partial charge on any atom is 0.342 e. The molecule has 1 fully saturated rings. The maximum absolute atomic E-state index is 12.7. The van der Waals surface area contributed by atoms with Crippen molar-refractivity contribution in [2.24, 2.45) is 22.7 Å². The summed E-state index contributed by atoms with van der Waals surface area (Å²) in [6, 6.07) is 1.59. The van der Waals surface area contributed by atoms with E-state index >= 15 is 0 Å². The molecule has 4 aliphatic rings. The van der Waals surface area contributed by atoms with E-state index in [-0.39, 0.29) is 46.1 Å². The van der Waals surface area contributed by atoms with Gasteiger partial charge in [-0.1, -0.05) is 26.8 Å². The lowest BCUT2D eigenvalue weighted by Crippen LogP contribution is -2.61. The average Bonchev–Trinajstić information content (AvgIpc) is 2.63. The normalized spacial score (nSPS) is 38.5. The summed E-state index contributed by atoms with van der Waals surface area (Å²) in [5.41, 5.74) is 1.17. The number of benzene rings is 1. The lowest BCUT2D eigenvalue weighted by molar-refractivity contribution is -0.148. The van der Waals surface area contributed by atoms with Gasteiger partial charge in [-0.3, -0.25) is 4.79 Å². The third kappa shape index (κ3) is 2.41. The van der Waals surface area contributed by atoms with Gasteiger partial charge in [0.1, 0.15) is 28.8 Å². The topological polar surface area (TPSA) is 72.8 Å². The van der Waals surface area contributed by atoms with Crippen LogP contribution in [0.3, 0.4) is 0 Å². The number of ether oxygens (including phenoxy) is 2.